The third-order valence-electron chi connectivity index (χ3n) is 24.0. The maximum Gasteiger partial charge on any atom is 0.254 e. The molecule has 6 fully saturated rings. The minimum atomic E-state index is -1.46. The quantitative estimate of drug-likeness (QED) is 0.0290. The van der Waals surface area contributed by atoms with Crippen molar-refractivity contribution in [3.63, 3.8) is 0 Å². The average Bonchev–Trinajstić information content (AvgIpc) is 1.61. The highest BCUT2D eigenvalue weighted by Gasteiger charge is 2.53. The number of anilines is 3. The van der Waals surface area contributed by atoms with Gasteiger partial charge in [-0.05, 0) is 100 Å². The van der Waals surface area contributed by atoms with Gasteiger partial charge in [0.1, 0.15) is 40.2 Å². The molecule has 16 rings (SSSR count). The van der Waals surface area contributed by atoms with E-state index in [1.807, 2.05) is 114 Å². The molecular formula is C92H91FN20O6. The number of nitriles is 3. The van der Waals surface area contributed by atoms with Crippen molar-refractivity contribution >= 4 is 52.9 Å². The molecule has 9 N–H and O–H groups in total. The molecule has 0 radical (unpaired) electrons. The van der Waals surface area contributed by atoms with Gasteiger partial charge in [0.05, 0.1) is 48.5 Å². The van der Waals surface area contributed by atoms with Crippen molar-refractivity contribution in [1.29, 1.82) is 15.8 Å². The van der Waals surface area contributed by atoms with Gasteiger partial charge in [0.2, 0.25) is 29.8 Å². The Bertz CT molecular complexity index is 5550. The second-order valence-corrected chi connectivity index (χ2v) is 31.8. The van der Waals surface area contributed by atoms with Gasteiger partial charge in [0, 0.05) is 96.3 Å². The number of primary amides is 3. The van der Waals surface area contributed by atoms with Crippen LogP contribution in [0.5, 0.6) is 0 Å². The van der Waals surface area contributed by atoms with E-state index in [1.54, 1.807) is 21.8 Å². The lowest BCUT2D eigenvalue weighted by Gasteiger charge is -2.43. The zero-order chi connectivity index (χ0) is 83.4. The van der Waals surface area contributed by atoms with Gasteiger partial charge in [-0.1, -0.05) is 194 Å². The number of amides is 6. The second kappa shape index (κ2) is 36.2. The van der Waals surface area contributed by atoms with Crippen molar-refractivity contribution in [3.05, 3.63) is 274 Å². The zero-order valence-electron chi connectivity index (χ0n) is 65.7. The van der Waals surface area contributed by atoms with Crippen LogP contribution in [0.4, 0.5) is 21.8 Å². The fourth-order valence-corrected chi connectivity index (χ4v) is 16.5. The summed E-state index contributed by atoms with van der Waals surface area (Å²) in [5.74, 6) is -3.80. The summed E-state index contributed by atoms with van der Waals surface area (Å²) in [5.41, 5.74) is 26.1. The first-order valence-electron chi connectivity index (χ1n) is 40.0. The third kappa shape index (κ3) is 18.9. The summed E-state index contributed by atoms with van der Waals surface area (Å²) in [5, 5.41) is 50.6. The number of carbonyl (C=O) groups excluding carboxylic acids is 6. The van der Waals surface area contributed by atoms with Crippen LogP contribution in [0, 0.1) is 64.9 Å². The van der Waals surface area contributed by atoms with E-state index in [9.17, 15) is 44.6 Å². The standard InChI is InChI=1S/C34H34N6O2.C29H28FN7O2.C29H29N7O2/c35-18-15-34(16-19-39(20-17-34)22-24-11-13-26(14-12-24)25-7-3-1-4-8-25)40-23-30(31(36)41)32(38-40)37-33(42)29-21-28(29)27-9-5-2-6-10-27;1-33-24-15-22(24)28(39)34-27-23(26(32)38)17-37(35-27)29(11-13-31)12-14-36(18-25(29)30)16-19-7-9-21(10-8-19)20-5-3-2-4-6-20;1-32-25-17-23(25)28(38)33-27-24(26(31)37)19-36(34-27)29(11-14-30)12-15-35(16-13-29)18-20-7-9-22(10-8-20)21-5-3-2-4-6-21/h1-14,23,28-29H,15-17,19-22H2,(H2,36,41)(H,37,38,42);2-10,17,22,24-25H,11-12,14-16,18H2,(H2,32,38)(H,34,35,39);2-10,19,23,25H,11-13,15-18H2,(H2,31,37)(H,33,34,38)/t28-,29+;22-,24-,25?,29?;23-,25-/m100/s1. The van der Waals surface area contributed by atoms with Gasteiger partial charge in [-0.2, -0.15) is 31.1 Å². The maximum absolute atomic E-state index is 16.0. The molecule has 0 bridgehead atoms. The Morgan fingerprint density at radius 2 is 0.739 bits per heavy atom. The van der Waals surface area contributed by atoms with E-state index >= 15 is 4.39 Å². The monoisotopic (exact) mass is 1590 g/mol. The van der Waals surface area contributed by atoms with Crippen LogP contribution in [0.25, 0.3) is 43.1 Å². The van der Waals surface area contributed by atoms with Crippen LogP contribution in [-0.2, 0) is 50.6 Å². The van der Waals surface area contributed by atoms with Gasteiger partial charge < -0.3 is 42.8 Å². The van der Waals surface area contributed by atoms with Gasteiger partial charge in [-0.3, -0.25) is 57.5 Å². The summed E-state index contributed by atoms with van der Waals surface area (Å²) in [4.78, 5) is 88.2. The number of hydrogen-bond acceptors (Lipinski definition) is 15. The van der Waals surface area contributed by atoms with Crippen molar-refractivity contribution in [2.45, 2.75) is 131 Å². The van der Waals surface area contributed by atoms with E-state index < -0.39 is 58.3 Å². The molecule has 3 saturated carbocycles. The number of rotatable bonds is 25. The Morgan fingerprint density at radius 1 is 0.420 bits per heavy atom. The molecule has 3 saturated heterocycles. The lowest BCUT2D eigenvalue weighted by molar-refractivity contribution is -0.118. The Kier molecular flexibility index (Phi) is 24.9. The van der Waals surface area contributed by atoms with Crippen molar-refractivity contribution in [2.75, 3.05) is 55.2 Å². The van der Waals surface area contributed by atoms with Crippen LogP contribution in [0.3, 0.4) is 0 Å². The Balaban J connectivity index is 0.000000147. The predicted molar refractivity (Wildman–Crippen MR) is 446 cm³/mol. The van der Waals surface area contributed by atoms with Crippen molar-refractivity contribution in [2.24, 2.45) is 35.0 Å². The molecule has 8 atom stereocenters. The highest BCUT2D eigenvalue weighted by molar-refractivity contribution is 6.05. The fourth-order valence-electron chi connectivity index (χ4n) is 16.5. The maximum atomic E-state index is 16.0. The molecule has 6 heterocycles. The third-order valence-corrected chi connectivity index (χ3v) is 24.0. The highest BCUT2D eigenvalue weighted by atomic mass is 19.1. The van der Waals surface area contributed by atoms with E-state index in [0.717, 1.165) is 67.9 Å². The first-order chi connectivity index (χ1) is 57.7. The smallest absolute Gasteiger partial charge is 0.254 e. The van der Waals surface area contributed by atoms with Gasteiger partial charge >= 0.3 is 0 Å². The second-order valence-electron chi connectivity index (χ2n) is 31.8. The summed E-state index contributed by atoms with van der Waals surface area (Å²) >= 11 is 0. The van der Waals surface area contributed by atoms with E-state index in [1.165, 1.54) is 44.3 Å². The number of carbonyl (C=O) groups is 6. The molecule has 119 heavy (non-hydrogen) atoms. The Morgan fingerprint density at radius 3 is 1.08 bits per heavy atom. The number of likely N-dealkylation sites (tertiary alicyclic amines) is 3. The minimum Gasteiger partial charge on any atom is -0.365 e. The van der Waals surface area contributed by atoms with Crippen molar-refractivity contribution in [3.8, 4) is 51.6 Å². The molecule has 6 aliphatic rings. The van der Waals surface area contributed by atoms with Crippen molar-refractivity contribution in [1.82, 2.24) is 44.0 Å². The predicted octanol–water partition coefficient (Wildman–Crippen LogP) is 12.8. The number of nitrogens with one attached hydrogen (secondary N) is 3. The molecule has 2 unspecified atom stereocenters. The van der Waals surface area contributed by atoms with Crippen molar-refractivity contribution < 1.29 is 33.2 Å². The van der Waals surface area contributed by atoms with Gasteiger partial charge in [-0.15, -0.1) is 0 Å². The molecule has 3 aliphatic carbocycles. The number of benzene rings is 7. The molecule has 6 amide bonds. The van der Waals surface area contributed by atoms with E-state index in [2.05, 4.69) is 154 Å². The number of piperidine rings is 3. The highest BCUT2D eigenvalue weighted by Crippen LogP contribution is 2.49. The number of hydrogen-bond donors (Lipinski definition) is 6. The van der Waals surface area contributed by atoms with Gasteiger partial charge in [0.15, 0.2) is 17.5 Å². The van der Waals surface area contributed by atoms with E-state index in [-0.39, 0.29) is 102 Å². The zero-order valence-corrected chi connectivity index (χ0v) is 65.7. The van der Waals surface area contributed by atoms with Crippen LogP contribution in [0.1, 0.15) is 130 Å². The van der Waals surface area contributed by atoms with Gasteiger partial charge in [-0.25, -0.2) is 17.5 Å². The SMILES string of the molecule is N#CCC1(n2cc(C(N)=O)c(NC(=O)[C@H]3C[C@@H]3c3ccccc3)n2)CCN(Cc2ccc(-c3ccccc3)cc2)CC1.[C-]#[N+][C@H]1C[C@@H]1C(=O)Nc1nn(C2(CC#N)CCN(Cc3ccc(-c4ccccc4)cc3)CC2)cc1C(N)=O.[C-]#[N+][C@H]1C[C@@H]1C(=O)Nc1nn(C2(CC#N)CCN(Cc3ccc(-c4ccccc4)cc3)CC2F)cc1C(N)=O. The lowest BCUT2D eigenvalue weighted by atomic mass is 9.83. The topological polar surface area (TPSA) is 360 Å². The molecule has 26 nitrogen and oxygen atoms in total. The van der Waals surface area contributed by atoms with Crippen LogP contribution in [0.2, 0.25) is 0 Å². The van der Waals surface area contributed by atoms with E-state index in [4.69, 9.17) is 30.3 Å². The number of alkyl halides is 1. The van der Waals surface area contributed by atoms with E-state index in [0.29, 0.717) is 51.6 Å². The number of nitrogens with two attached hydrogens (primary N) is 3. The molecule has 3 aliphatic heterocycles. The fraction of sp³-hybridized carbons (Fsp3) is 0.326. The summed E-state index contributed by atoms with van der Waals surface area (Å²) in [6.45, 7) is 20.0. The molecule has 3 aromatic heterocycles. The first-order valence-corrected chi connectivity index (χ1v) is 40.0. The largest absolute Gasteiger partial charge is 0.365 e. The normalized spacial score (nSPS) is 21.3. The van der Waals surface area contributed by atoms with Crippen LogP contribution < -0.4 is 33.2 Å². The van der Waals surface area contributed by atoms with Crippen LogP contribution >= 0.6 is 0 Å². The number of halogens is 1. The summed E-state index contributed by atoms with van der Waals surface area (Å²) in [7, 11) is 0. The molecule has 7 aromatic carbocycles. The molecule has 27 heteroatoms. The Labute approximate surface area is 689 Å². The van der Waals surface area contributed by atoms with Crippen LogP contribution in [-0.4, -0.2) is 137 Å². The molecule has 0 spiro atoms. The molecule has 602 valence electrons. The number of aromatic nitrogens is 6. The first kappa shape index (κ1) is 81.8. The van der Waals surface area contributed by atoms with Crippen LogP contribution in [0.15, 0.2) is 213 Å². The Hall–Kier alpha value is -13.8. The van der Waals surface area contributed by atoms with Gasteiger partial charge in [0.25, 0.3) is 17.7 Å². The summed E-state index contributed by atoms with van der Waals surface area (Å²) in [6.07, 6.45) is 8.01. The molecule has 10 aromatic rings. The average molecular weight is 1590 g/mol. The summed E-state index contributed by atoms with van der Waals surface area (Å²) < 4.78 is 20.6. The minimum absolute atomic E-state index is 0.0613. The molecular weight excluding hydrogens is 1500 g/mol. The number of nitrogens with zero attached hydrogens (tertiary/aromatic N) is 14. The lowest BCUT2D eigenvalue weighted by Crippen LogP contribution is -2.54. The summed E-state index contributed by atoms with van der Waals surface area (Å²) in [6, 6.07) is 72.0.